The second kappa shape index (κ2) is 5.34. The maximum absolute atomic E-state index is 13.5. The number of hydrogen-bond donors (Lipinski definition) is 0. The normalized spacial score (nSPS) is 25.1. The van der Waals surface area contributed by atoms with Gasteiger partial charge in [-0.15, -0.1) is 11.6 Å². The number of carbonyl (C=O) groups is 1. The minimum Gasteiger partial charge on any atom is -0.272 e. The smallest absolute Gasteiger partial charge is 0.250 e. The van der Waals surface area contributed by atoms with Crippen LogP contribution < -0.4 is 0 Å². The summed E-state index contributed by atoms with van der Waals surface area (Å²) in [6.07, 6.45) is 3.87. The molecule has 22 heavy (non-hydrogen) atoms. The summed E-state index contributed by atoms with van der Waals surface area (Å²) < 4.78 is 13.5. The van der Waals surface area contributed by atoms with Gasteiger partial charge in [-0.2, -0.15) is 5.10 Å². The van der Waals surface area contributed by atoms with Crippen LogP contribution in [0.3, 0.4) is 0 Å². The highest BCUT2D eigenvalue weighted by molar-refractivity contribution is 6.20. The Morgan fingerprint density at radius 2 is 2.18 bits per heavy atom. The molecule has 1 aromatic rings. The monoisotopic (exact) mass is 322 g/mol. The van der Waals surface area contributed by atoms with Crippen molar-refractivity contribution in [1.82, 2.24) is 5.01 Å². The van der Waals surface area contributed by atoms with Crippen LogP contribution in [-0.4, -0.2) is 23.0 Å². The summed E-state index contributed by atoms with van der Waals surface area (Å²) in [4.78, 5) is 13.0. The lowest BCUT2D eigenvalue weighted by Crippen LogP contribution is -2.54. The highest BCUT2D eigenvalue weighted by Gasteiger charge is 2.56. The van der Waals surface area contributed by atoms with Crippen LogP contribution in [0.25, 0.3) is 0 Å². The summed E-state index contributed by atoms with van der Waals surface area (Å²) in [7, 11) is 0. The Morgan fingerprint density at radius 3 is 2.77 bits per heavy atom. The van der Waals surface area contributed by atoms with Gasteiger partial charge in [-0.05, 0) is 36.0 Å². The third-order valence-electron chi connectivity index (χ3n) is 4.61. The third kappa shape index (κ3) is 2.54. The van der Waals surface area contributed by atoms with Crippen molar-refractivity contribution in [3.8, 4) is 0 Å². The molecular weight excluding hydrogens is 303 g/mol. The molecule has 1 heterocycles. The highest BCUT2D eigenvalue weighted by Crippen LogP contribution is 2.56. The molecule has 1 aromatic carbocycles. The van der Waals surface area contributed by atoms with Gasteiger partial charge in [-0.1, -0.05) is 26.0 Å². The van der Waals surface area contributed by atoms with Crippen LogP contribution in [0, 0.1) is 16.6 Å². The molecule has 0 saturated heterocycles. The molecule has 1 saturated carbocycles. The summed E-state index contributed by atoms with van der Waals surface area (Å²) in [5.74, 6) is -0.0320. The number of benzene rings is 1. The lowest BCUT2D eigenvalue weighted by atomic mass is 9.54. The second-order valence-electron chi connectivity index (χ2n) is 7.19. The average Bonchev–Trinajstić information content (AvgIpc) is 2.92. The predicted molar refractivity (Wildman–Crippen MR) is 85.3 cm³/mol. The second-order valence-corrected chi connectivity index (χ2v) is 7.45. The molecule has 2 aliphatic rings. The average molecular weight is 323 g/mol. The SMILES string of the molecule is CC1(C)CC(CCl)(C(=O)N2N=CCC2c2cccc(F)c2)C1. The van der Waals surface area contributed by atoms with Gasteiger partial charge in [0.1, 0.15) is 5.82 Å². The van der Waals surface area contributed by atoms with Crippen LogP contribution in [0.15, 0.2) is 29.4 Å². The summed E-state index contributed by atoms with van der Waals surface area (Å²) in [6.45, 7) is 4.28. The predicted octanol–water partition coefficient (Wildman–Crippen LogP) is 4.13. The van der Waals surface area contributed by atoms with Gasteiger partial charge in [0, 0.05) is 18.5 Å². The molecule has 0 N–H and O–H groups in total. The first-order valence-electron chi connectivity index (χ1n) is 7.54. The first kappa shape index (κ1) is 15.5. The first-order valence-corrected chi connectivity index (χ1v) is 8.08. The largest absolute Gasteiger partial charge is 0.272 e. The topological polar surface area (TPSA) is 32.7 Å². The number of hydrazone groups is 1. The molecule has 1 aliphatic heterocycles. The maximum atomic E-state index is 13.5. The first-order chi connectivity index (χ1) is 10.4. The quantitative estimate of drug-likeness (QED) is 0.770. The zero-order valence-electron chi connectivity index (χ0n) is 12.9. The number of alkyl halides is 1. The van der Waals surface area contributed by atoms with Gasteiger partial charge in [0.05, 0.1) is 11.5 Å². The zero-order valence-corrected chi connectivity index (χ0v) is 13.6. The Kier molecular flexibility index (Phi) is 3.76. The van der Waals surface area contributed by atoms with E-state index in [-0.39, 0.29) is 23.2 Å². The van der Waals surface area contributed by atoms with Gasteiger partial charge in [-0.25, -0.2) is 9.40 Å². The van der Waals surface area contributed by atoms with E-state index in [2.05, 4.69) is 18.9 Å². The van der Waals surface area contributed by atoms with Gasteiger partial charge in [0.25, 0.3) is 5.91 Å². The van der Waals surface area contributed by atoms with Crippen molar-refractivity contribution in [1.29, 1.82) is 0 Å². The van der Waals surface area contributed by atoms with Crippen LogP contribution in [0.2, 0.25) is 0 Å². The Morgan fingerprint density at radius 1 is 1.45 bits per heavy atom. The lowest BCUT2D eigenvalue weighted by Gasteiger charge is -2.52. The Balaban J connectivity index is 1.84. The van der Waals surface area contributed by atoms with Crippen molar-refractivity contribution in [2.45, 2.75) is 39.2 Å². The van der Waals surface area contributed by atoms with E-state index in [1.54, 1.807) is 12.3 Å². The van der Waals surface area contributed by atoms with Crippen LogP contribution in [0.4, 0.5) is 4.39 Å². The van der Waals surface area contributed by atoms with Crippen LogP contribution in [0.5, 0.6) is 0 Å². The molecule has 0 bridgehead atoms. The lowest BCUT2D eigenvalue weighted by molar-refractivity contribution is -0.155. The van der Waals surface area contributed by atoms with E-state index in [0.717, 1.165) is 18.4 Å². The van der Waals surface area contributed by atoms with Crippen molar-refractivity contribution in [3.63, 3.8) is 0 Å². The minimum atomic E-state index is -0.529. The Bertz CT molecular complexity index is 621. The summed E-state index contributed by atoms with van der Waals surface area (Å²) >= 11 is 6.12. The number of carbonyl (C=O) groups excluding carboxylic acids is 1. The van der Waals surface area contributed by atoms with Crippen molar-refractivity contribution in [2.75, 3.05) is 5.88 Å². The fraction of sp³-hybridized carbons (Fsp3) is 0.529. The fourth-order valence-electron chi connectivity index (χ4n) is 3.93. The van der Waals surface area contributed by atoms with Gasteiger partial charge in [0.15, 0.2) is 0 Å². The molecule has 0 aromatic heterocycles. The number of amides is 1. The fourth-order valence-corrected chi connectivity index (χ4v) is 4.23. The summed E-state index contributed by atoms with van der Waals surface area (Å²) in [5, 5.41) is 5.75. The molecule has 118 valence electrons. The van der Waals surface area contributed by atoms with Crippen molar-refractivity contribution < 1.29 is 9.18 Å². The van der Waals surface area contributed by atoms with Gasteiger partial charge >= 0.3 is 0 Å². The molecule has 1 unspecified atom stereocenters. The van der Waals surface area contributed by atoms with Gasteiger partial charge < -0.3 is 0 Å². The van der Waals surface area contributed by atoms with Crippen LogP contribution >= 0.6 is 11.6 Å². The van der Waals surface area contributed by atoms with Gasteiger partial charge in [0.2, 0.25) is 0 Å². The Labute approximate surface area is 135 Å². The number of halogens is 2. The number of rotatable bonds is 3. The Hall–Kier alpha value is -1.42. The molecule has 5 heteroatoms. The van der Waals surface area contributed by atoms with E-state index < -0.39 is 5.41 Å². The van der Waals surface area contributed by atoms with E-state index >= 15 is 0 Å². The summed E-state index contributed by atoms with van der Waals surface area (Å²) in [5.41, 5.74) is 0.384. The molecule has 3 rings (SSSR count). The van der Waals surface area contributed by atoms with Crippen molar-refractivity contribution in [3.05, 3.63) is 35.6 Å². The molecular formula is C17H20ClFN2O. The zero-order chi connectivity index (χ0) is 16.0. The summed E-state index contributed by atoms with van der Waals surface area (Å²) in [6, 6.07) is 6.14. The minimum absolute atomic E-state index is 0.0372. The van der Waals surface area contributed by atoms with Gasteiger partial charge in [-0.3, -0.25) is 4.79 Å². The number of nitrogens with zero attached hydrogens (tertiary/aromatic N) is 2. The number of hydrogen-bond acceptors (Lipinski definition) is 2. The van der Waals surface area contributed by atoms with E-state index in [9.17, 15) is 9.18 Å². The standard InChI is InChI=1S/C17H20ClFN2O/c1-16(2)9-17(10-16,11-18)15(22)21-14(6-7-20-21)12-4-3-5-13(19)8-12/h3-5,7-8,14H,6,9-11H2,1-2H3. The highest BCUT2D eigenvalue weighted by atomic mass is 35.5. The van der Waals surface area contributed by atoms with Crippen LogP contribution in [0.1, 0.15) is 44.7 Å². The van der Waals surface area contributed by atoms with E-state index in [1.165, 1.54) is 17.1 Å². The molecule has 0 spiro atoms. The van der Waals surface area contributed by atoms with Crippen molar-refractivity contribution in [2.24, 2.45) is 15.9 Å². The maximum Gasteiger partial charge on any atom is 0.250 e. The third-order valence-corrected chi connectivity index (χ3v) is 5.13. The molecule has 1 fully saturated rings. The molecule has 1 atom stereocenters. The van der Waals surface area contributed by atoms with Crippen LogP contribution in [-0.2, 0) is 4.79 Å². The molecule has 0 radical (unpaired) electrons. The van der Waals surface area contributed by atoms with E-state index in [1.807, 2.05) is 6.07 Å². The van der Waals surface area contributed by atoms with E-state index in [0.29, 0.717) is 12.3 Å². The van der Waals surface area contributed by atoms with Crippen molar-refractivity contribution >= 4 is 23.7 Å². The van der Waals surface area contributed by atoms with E-state index in [4.69, 9.17) is 11.6 Å². The molecule has 3 nitrogen and oxygen atoms in total. The molecule has 1 amide bonds. The molecule has 1 aliphatic carbocycles.